The fourth-order valence-corrected chi connectivity index (χ4v) is 0.883. The first kappa shape index (κ1) is 5.06. The summed E-state index contributed by atoms with van der Waals surface area (Å²) in [6, 6.07) is 0.800. The number of rotatable bonds is 0. The first-order valence-electron chi connectivity index (χ1n) is 2.93. The summed E-state index contributed by atoms with van der Waals surface area (Å²) in [6.07, 6.45) is 0. The molecule has 1 fully saturated rings. The van der Waals surface area contributed by atoms with Gasteiger partial charge in [-0.1, -0.05) is 0 Å². The molecule has 0 aliphatic carbocycles. The molecule has 0 aromatic carbocycles. The molecule has 2 nitrogen and oxygen atoms in total. The van der Waals surface area contributed by atoms with Gasteiger partial charge in [0.15, 0.2) is 0 Å². The molecular weight excluding hydrogens is 88.1 g/mol. The van der Waals surface area contributed by atoms with Crippen molar-refractivity contribution in [3.8, 4) is 0 Å². The molecule has 0 aromatic heterocycles. The lowest BCUT2D eigenvalue weighted by Crippen LogP contribution is -2.94. The summed E-state index contributed by atoms with van der Waals surface area (Å²) in [4.78, 5) is 0. The summed E-state index contributed by atoms with van der Waals surface area (Å²) >= 11 is 0. The zero-order valence-corrected chi connectivity index (χ0v) is 4.78. The first-order chi connectivity index (χ1) is 3.39. The molecule has 7 heavy (non-hydrogen) atoms. The van der Waals surface area contributed by atoms with Crippen LogP contribution < -0.4 is 10.6 Å². The molecular formula is C5H13N2+. The van der Waals surface area contributed by atoms with Gasteiger partial charge >= 0.3 is 0 Å². The smallest absolute Gasteiger partial charge is 0.0957 e. The van der Waals surface area contributed by atoms with Crippen LogP contribution >= 0.6 is 0 Å². The van der Waals surface area contributed by atoms with Crippen LogP contribution in [0.3, 0.4) is 0 Å². The van der Waals surface area contributed by atoms with Crippen LogP contribution in [0.25, 0.3) is 0 Å². The lowest BCUT2D eigenvalue weighted by atomic mass is 10.3. The average Bonchev–Trinajstić information content (AvgIpc) is 1.69. The van der Waals surface area contributed by atoms with E-state index in [1.807, 2.05) is 0 Å². The molecule has 0 bridgehead atoms. The van der Waals surface area contributed by atoms with Gasteiger partial charge in [-0.15, -0.1) is 0 Å². The largest absolute Gasteiger partial charge is 0.342 e. The molecule has 0 aromatic rings. The predicted molar refractivity (Wildman–Crippen MR) is 29.1 cm³/mol. The predicted octanol–water partition coefficient (Wildman–Crippen LogP) is -1.46. The maximum atomic E-state index is 3.30. The molecule has 42 valence electrons. The van der Waals surface area contributed by atoms with Crippen molar-refractivity contribution in [3.63, 3.8) is 0 Å². The second-order valence-electron chi connectivity index (χ2n) is 2.21. The van der Waals surface area contributed by atoms with Crippen molar-refractivity contribution in [2.75, 3.05) is 19.6 Å². The number of hydrogen-bond donors (Lipinski definition) is 2. The third-order valence-corrected chi connectivity index (χ3v) is 1.36. The number of piperazine rings is 1. The lowest BCUT2D eigenvalue weighted by molar-refractivity contribution is -0.689. The highest BCUT2D eigenvalue weighted by atomic mass is 15.0. The fourth-order valence-electron chi connectivity index (χ4n) is 0.883. The van der Waals surface area contributed by atoms with Crippen molar-refractivity contribution < 1.29 is 5.32 Å². The number of quaternary nitrogens is 1. The minimum Gasteiger partial charge on any atom is -0.342 e. The van der Waals surface area contributed by atoms with E-state index in [1.54, 1.807) is 0 Å². The Kier molecular flexibility index (Phi) is 1.65. The van der Waals surface area contributed by atoms with Crippen LogP contribution in [-0.4, -0.2) is 25.7 Å². The van der Waals surface area contributed by atoms with Gasteiger partial charge in [0, 0.05) is 13.1 Å². The molecule has 0 unspecified atom stereocenters. The van der Waals surface area contributed by atoms with E-state index in [0.717, 1.165) is 6.04 Å². The minimum atomic E-state index is 0.800. The van der Waals surface area contributed by atoms with E-state index >= 15 is 0 Å². The summed E-state index contributed by atoms with van der Waals surface area (Å²) in [5.41, 5.74) is 0. The van der Waals surface area contributed by atoms with Gasteiger partial charge in [-0.25, -0.2) is 0 Å². The quantitative estimate of drug-likeness (QED) is 0.383. The van der Waals surface area contributed by atoms with Gasteiger partial charge in [-0.3, -0.25) is 0 Å². The number of hydrogen-bond acceptors (Lipinski definition) is 1. The van der Waals surface area contributed by atoms with E-state index in [4.69, 9.17) is 0 Å². The van der Waals surface area contributed by atoms with Crippen LogP contribution in [-0.2, 0) is 0 Å². The van der Waals surface area contributed by atoms with E-state index in [2.05, 4.69) is 17.6 Å². The Balaban J connectivity index is 2.12. The summed E-state index contributed by atoms with van der Waals surface area (Å²) in [5, 5.41) is 5.67. The molecule has 1 rings (SSSR count). The second-order valence-corrected chi connectivity index (χ2v) is 2.21. The third kappa shape index (κ3) is 1.45. The Morgan fingerprint density at radius 2 is 2.57 bits per heavy atom. The van der Waals surface area contributed by atoms with Gasteiger partial charge in [0.05, 0.1) is 12.6 Å². The van der Waals surface area contributed by atoms with Crippen LogP contribution in [0.2, 0.25) is 0 Å². The van der Waals surface area contributed by atoms with E-state index in [9.17, 15) is 0 Å². The van der Waals surface area contributed by atoms with Crippen molar-refractivity contribution in [2.24, 2.45) is 0 Å². The average molecular weight is 101 g/mol. The Morgan fingerprint density at radius 3 is 2.86 bits per heavy atom. The minimum absolute atomic E-state index is 0.800. The van der Waals surface area contributed by atoms with Crippen molar-refractivity contribution in [1.82, 2.24) is 5.32 Å². The Morgan fingerprint density at radius 1 is 1.71 bits per heavy atom. The van der Waals surface area contributed by atoms with Gasteiger partial charge < -0.3 is 10.6 Å². The summed E-state index contributed by atoms with van der Waals surface area (Å²) in [7, 11) is 0. The third-order valence-electron chi connectivity index (χ3n) is 1.36. The SMILES string of the molecule is C[C@@H]1CNCC[NH2+]1. The monoisotopic (exact) mass is 101 g/mol. The highest BCUT2D eigenvalue weighted by molar-refractivity contribution is 4.55. The van der Waals surface area contributed by atoms with E-state index in [1.165, 1.54) is 19.6 Å². The molecule has 1 saturated heterocycles. The first-order valence-corrected chi connectivity index (χ1v) is 2.93. The number of nitrogens with one attached hydrogen (secondary N) is 1. The molecule has 1 atom stereocenters. The van der Waals surface area contributed by atoms with Crippen molar-refractivity contribution in [1.29, 1.82) is 0 Å². The highest BCUT2D eigenvalue weighted by Crippen LogP contribution is 1.70. The van der Waals surface area contributed by atoms with Crippen LogP contribution in [0.1, 0.15) is 6.92 Å². The van der Waals surface area contributed by atoms with Gasteiger partial charge in [0.1, 0.15) is 0 Å². The van der Waals surface area contributed by atoms with Crippen molar-refractivity contribution >= 4 is 0 Å². The molecule has 0 spiro atoms. The maximum Gasteiger partial charge on any atom is 0.0957 e. The summed E-state index contributed by atoms with van der Waals surface area (Å²) in [5.74, 6) is 0. The molecule has 2 heteroatoms. The Hall–Kier alpha value is -0.0800. The fraction of sp³-hybridized carbons (Fsp3) is 1.00. The van der Waals surface area contributed by atoms with Crippen LogP contribution in [0.4, 0.5) is 0 Å². The maximum absolute atomic E-state index is 3.30. The Bertz CT molecular complexity index is 48.0. The topological polar surface area (TPSA) is 28.6 Å². The molecule has 0 amide bonds. The molecule has 1 heterocycles. The number of nitrogens with two attached hydrogens (primary N) is 1. The summed E-state index contributed by atoms with van der Waals surface area (Å²) in [6.45, 7) is 5.86. The molecule has 1 aliphatic rings. The van der Waals surface area contributed by atoms with Gasteiger partial charge in [0.25, 0.3) is 0 Å². The molecule has 3 N–H and O–H groups in total. The van der Waals surface area contributed by atoms with Gasteiger partial charge in [-0.2, -0.15) is 0 Å². The van der Waals surface area contributed by atoms with Gasteiger partial charge in [-0.05, 0) is 6.92 Å². The van der Waals surface area contributed by atoms with E-state index in [0.29, 0.717) is 0 Å². The molecule has 1 aliphatic heterocycles. The molecule has 0 saturated carbocycles. The van der Waals surface area contributed by atoms with E-state index in [-0.39, 0.29) is 0 Å². The van der Waals surface area contributed by atoms with Crippen LogP contribution in [0.15, 0.2) is 0 Å². The lowest BCUT2D eigenvalue weighted by Gasteiger charge is -2.16. The van der Waals surface area contributed by atoms with Crippen molar-refractivity contribution in [3.05, 3.63) is 0 Å². The van der Waals surface area contributed by atoms with Crippen LogP contribution in [0.5, 0.6) is 0 Å². The van der Waals surface area contributed by atoms with E-state index < -0.39 is 0 Å². The normalized spacial score (nSPS) is 33.0. The standard InChI is InChI=1S/C5H12N2/c1-5-4-6-2-3-7-5/h5-7H,2-4H2,1H3/p+1/t5-/m1/s1. The summed E-state index contributed by atoms with van der Waals surface area (Å²) < 4.78 is 0. The Labute approximate surface area is 44.3 Å². The van der Waals surface area contributed by atoms with Crippen LogP contribution in [0, 0.1) is 0 Å². The zero-order chi connectivity index (χ0) is 5.11. The highest BCUT2D eigenvalue weighted by Gasteiger charge is 2.07. The second kappa shape index (κ2) is 2.28. The zero-order valence-electron chi connectivity index (χ0n) is 4.78. The van der Waals surface area contributed by atoms with Gasteiger partial charge in [0.2, 0.25) is 0 Å². The molecule has 0 radical (unpaired) electrons. The van der Waals surface area contributed by atoms with Crippen molar-refractivity contribution in [2.45, 2.75) is 13.0 Å².